The second-order valence-electron chi connectivity index (χ2n) is 8.04. The number of piperazine rings is 1. The fourth-order valence-corrected chi connectivity index (χ4v) is 4.08. The first kappa shape index (κ1) is 19.6. The molecule has 2 aromatic heterocycles. The van der Waals surface area contributed by atoms with E-state index in [-0.39, 0.29) is 0 Å². The van der Waals surface area contributed by atoms with Crippen LogP contribution in [0.5, 0.6) is 0 Å². The first-order chi connectivity index (χ1) is 15.0. The lowest BCUT2D eigenvalue weighted by molar-refractivity contribution is 0.313. The molecule has 5 rings (SSSR count). The molecule has 0 radical (unpaired) electrons. The Balaban J connectivity index is 1.52. The summed E-state index contributed by atoms with van der Waals surface area (Å²) in [6.07, 6.45) is 3.62. The summed E-state index contributed by atoms with van der Waals surface area (Å²) < 4.78 is 28.8. The average Bonchev–Trinajstić information content (AvgIpc) is 3.18. The second kappa shape index (κ2) is 7.74. The molecule has 0 N–H and O–H groups in total. The molecule has 2 aromatic carbocycles. The maximum absolute atomic E-state index is 13.7. The van der Waals surface area contributed by atoms with Gasteiger partial charge in [-0.05, 0) is 49.4 Å². The molecule has 1 aliphatic heterocycles. The molecule has 31 heavy (non-hydrogen) atoms. The lowest BCUT2D eigenvalue weighted by Gasteiger charge is -2.34. The number of hydrogen-bond acceptors (Lipinski definition) is 4. The van der Waals surface area contributed by atoms with Crippen LogP contribution in [0.2, 0.25) is 0 Å². The van der Waals surface area contributed by atoms with Gasteiger partial charge in [0.05, 0.1) is 6.20 Å². The smallest absolute Gasteiger partial charge is 0.163 e. The number of fused-ring (bicyclic) bond motifs is 1. The van der Waals surface area contributed by atoms with E-state index in [1.165, 1.54) is 11.8 Å². The van der Waals surface area contributed by atoms with Gasteiger partial charge in [-0.1, -0.05) is 18.2 Å². The summed E-state index contributed by atoms with van der Waals surface area (Å²) in [5, 5.41) is 4.48. The Labute approximate surface area is 179 Å². The third-order valence-corrected chi connectivity index (χ3v) is 5.94. The van der Waals surface area contributed by atoms with Crippen molar-refractivity contribution in [3.63, 3.8) is 0 Å². The van der Waals surface area contributed by atoms with Crippen LogP contribution in [-0.4, -0.2) is 52.7 Å². The van der Waals surface area contributed by atoms with Crippen LogP contribution < -0.4 is 4.90 Å². The molecule has 7 heteroatoms. The van der Waals surface area contributed by atoms with Gasteiger partial charge in [-0.15, -0.1) is 0 Å². The Morgan fingerprint density at radius 1 is 0.871 bits per heavy atom. The molecule has 4 aromatic rings. The van der Waals surface area contributed by atoms with E-state index in [0.717, 1.165) is 54.7 Å². The predicted molar refractivity (Wildman–Crippen MR) is 118 cm³/mol. The molecule has 5 nitrogen and oxygen atoms in total. The van der Waals surface area contributed by atoms with Crippen molar-refractivity contribution >= 4 is 11.3 Å². The van der Waals surface area contributed by atoms with Crippen LogP contribution in [0.25, 0.3) is 27.9 Å². The van der Waals surface area contributed by atoms with Gasteiger partial charge in [0.1, 0.15) is 0 Å². The summed E-state index contributed by atoms with van der Waals surface area (Å²) in [6, 6.07) is 12.3. The van der Waals surface area contributed by atoms with E-state index >= 15 is 0 Å². The average molecular weight is 419 g/mol. The van der Waals surface area contributed by atoms with Crippen molar-refractivity contribution in [3.8, 4) is 22.3 Å². The number of benzene rings is 2. The summed E-state index contributed by atoms with van der Waals surface area (Å²) in [7, 11) is 2.15. The highest BCUT2D eigenvalue weighted by atomic mass is 19.2. The molecular formula is C24H23F2N5. The maximum atomic E-state index is 13.7. The number of hydrogen-bond donors (Lipinski definition) is 0. The lowest BCUT2D eigenvalue weighted by atomic mass is 10.1. The van der Waals surface area contributed by atoms with Crippen molar-refractivity contribution < 1.29 is 8.78 Å². The van der Waals surface area contributed by atoms with Crippen molar-refractivity contribution in [2.24, 2.45) is 0 Å². The predicted octanol–water partition coefficient (Wildman–Crippen LogP) is 4.40. The van der Waals surface area contributed by atoms with Crippen LogP contribution in [0.15, 0.2) is 54.9 Å². The topological polar surface area (TPSA) is 36.7 Å². The number of rotatable bonds is 3. The minimum atomic E-state index is -0.876. The fourth-order valence-electron chi connectivity index (χ4n) is 4.08. The molecule has 0 unspecified atom stereocenters. The van der Waals surface area contributed by atoms with Gasteiger partial charge in [-0.2, -0.15) is 5.10 Å². The van der Waals surface area contributed by atoms with E-state index in [9.17, 15) is 8.78 Å². The number of nitrogens with zero attached hydrogens (tertiary/aromatic N) is 5. The first-order valence-corrected chi connectivity index (χ1v) is 10.3. The maximum Gasteiger partial charge on any atom is 0.163 e. The van der Waals surface area contributed by atoms with Crippen molar-refractivity contribution in [2.75, 3.05) is 38.1 Å². The molecule has 0 atom stereocenters. The number of aromatic nitrogens is 3. The van der Waals surface area contributed by atoms with Crippen LogP contribution in [-0.2, 0) is 0 Å². The van der Waals surface area contributed by atoms with Gasteiger partial charge in [-0.3, -0.25) is 0 Å². The van der Waals surface area contributed by atoms with E-state index in [1.807, 2.05) is 13.1 Å². The lowest BCUT2D eigenvalue weighted by Crippen LogP contribution is -2.44. The molecule has 0 aliphatic carbocycles. The van der Waals surface area contributed by atoms with Crippen LogP contribution in [0.1, 0.15) is 5.69 Å². The van der Waals surface area contributed by atoms with Crippen molar-refractivity contribution in [1.82, 2.24) is 19.5 Å². The quantitative estimate of drug-likeness (QED) is 0.493. The fraction of sp³-hybridized carbons (Fsp3) is 0.250. The number of halogens is 2. The SMILES string of the molecule is Cc1nc2c(-c3cccc(N4CCN(C)CC4)c3)cnn2cc1-c1ccc(F)c(F)c1. The van der Waals surface area contributed by atoms with Crippen LogP contribution in [0.4, 0.5) is 14.5 Å². The summed E-state index contributed by atoms with van der Waals surface area (Å²) >= 11 is 0. The molecular weight excluding hydrogens is 396 g/mol. The van der Waals surface area contributed by atoms with Crippen molar-refractivity contribution in [1.29, 1.82) is 0 Å². The van der Waals surface area contributed by atoms with Gasteiger partial charge in [0.15, 0.2) is 17.3 Å². The zero-order valence-electron chi connectivity index (χ0n) is 17.5. The summed E-state index contributed by atoms with van der Waals surface area (Å²) in [5.41, 5.74) is 5.94. The largest absolute Gasteiger partial charge is 0.369 e. The minimum absolute atomic E-state index is 0.569. The molecule has 0 bridgehead atoms. The van der Waals surface area contributed by atoms with E-state index in [4.69, 9.17) is 4.98 Å². The van der Waals surface area contributed by atoms with E-state index in [2.05, 4.69) is 46.2 Å². The molecule has 158 valence electrons. The molecule has 1 saturated heterocycles. The van der Waals surface area contributed by atoms with Gasteiger partial charge in [-0.25, -0.2) is 18.3 Å². The van der Waals surface area contributed by atoms with E-state index in [1.54, 1.807) is 16.8 Å². The normalized spacial score (nSPS) is 15.0. The third kappa shape index (κ3) is 3.65. The molecule has 1 aliphatic rings. The molecule has 1 fully saturated rings. The third-order valence-electron chi connectivity index (χ3n) is 5.94. The minimum Gasteiger partial charge on any atom is -0.369 e. The van der Waals surface area contributed by atoms with E-state index in [0.29, 0.717) is 11.1 Å². The summed E-state index contributed by atoms with van der Waals surface area (Å²) in [4.78, 5) is 9.49. The van der Waals surface area contributed by atoms with Gasteiger partial charge < -0.3 is 9.80 Å². The molecule has 3 heterocycles. The van der Waals surface area contributed by atoms with Gasteiger partial charge in [0.25, 0.3) is 0 Å². The Hall–Kier alpha value is -3.32. The molecule has 0 spiro atoms. The highest BCUT2D eigenvalue weighted by Gasteiger charge is 2.17. The number of anilines is 1. The van der Waals surface area contributed by atoms with Gasteiger partial charge in [0.2, 0.25) is 0 Å². The Morgan fingerprint density at radius 2 is 1.65 bits per heavy atom. The number of likely N-dealkylation sites (N-methyl/N-ethyl adjacent to an activating group) is 1. The first-order valence-electron chi connectivity index (χ1n) is 10.3. The molecule has 0 saturated carbocycles. The van der Waals surface area contributed by atoms with E-state index < -0.39 is 11.6 Å². The Kier molecular flexibility index (Phi) is 4.90. The number of aryl methyl sites for hydroxylation is 1. The second-order valence-corrected chi connectivity index (χ2v) is 8.04. The standard InChI is InChI=1S/C24H23F2N5/c1-16-21(18-6-7-22(25)23(26)13-18)15-31-24(28-16)20(14-27-31)17-4-3-5-19(12-17)30-10-8-29(2)9-11-30/h3-7,12-15H,8-11H2,1-2H3. The summed E-state index contributed by atoms with van der Waals surface area (Å²) in [5.74, 6) is -1.74. The Bertz CT molecular complexity index is 1260. The summed E-state index contributed by atoms with van der Waals surface area (Å²) in [6.45, 7) is 5.98. The van der Waals surface area contributed by atoms with Gasteiger partial charge in [0, 0.05) is 54.9 Å². The monoisotopic (exact) mass is 419 g/mol. The van der Waals surface area contributed by atoms with Crippen molar-refractivity contribution in [3.05, 3.63) is 72.2 Å². The van der Waals surface area contributed by atoms with Gasteiger partial charge >= 0.3 is 0 Å². The highest BCUT2D eigenvalue weighted by molar-refractivity contribution is 5.80. The zero-order chi connectivity index (χ0) is 21.5. The highest BCUT2D eigenvalue weighted by Crippen LogP contribution is 2.30. The molecule has 0 amide bonds. The zero-order valence-corrected chi connectivity index (χ0v) is 17.5. The van der Waals surface area contributed by atoms with Crippen molar-refractivity contribution in [2.45, 2.75) is 6.92 Å². The van der Waals surface area contributed by atoms with Crippen LogP contribution in [0.3, 0.4) is 0 Å². The van der Waals surface area contributed by atoms with Crippen LogP contribution in [0, 0.1) is 18.6 Å². The Morgan fingerprint density at radius 3 is 2.42 bits per heavy atom. The van der Waals surface area contributed by atoms with Crippen LogP contribution >= 0.6 is 0 Å².